The first-order chi connectivity index (χ1) is 10.2. The molecule has 3 rings (SSSR count). The average Bonchev–Trinajstić information content (AvgIpc) is 2.54. The largest absolute Gasteiger partial charge is 0.369 e. The summed E-state index contributed by atoms with van der Waals surface area (Å²) in [6, 6.07) is 10.5. The van der Waals surface area contributed by atoms with Gasteiger partial charge in [-0.2, -0.15) is 0 Å². The van der Waals surface area contributed by atoms with Gasteiger partial charge in [-0.1, -0.05) is 37.3 Å². The molecular formula is C17H22O2S2. The van der Waals surface area contributed by atoms with Gasteiger partial charge in [-0.05, 0) is 23.5 Å². The second-order valence-corrected chi connectivity index (χ2v) is 8.94. The second kappa shape index (κ2) is 6.76. The van der Waals surface area contributed by atoms with Gasteiger partial charge >= 0.3 is 0 Å². The molecule has 4 heteroatoms. The third kappa shape index (κ3) is 3.17. The van der Waals surface area contributed by atoms with E-state index in [1.807, 2.05) is 6.07 Å². The van der Waals surface area contributed by atoms with E-state index in [2.05, 4.69) is 54.7 Å². The molecule has 2 aliphatic rings. The molecule has 0 saturated carbocycles. The normalized spacial score (nSPS) is 32.0. The van der Waals surface area contributed by atoms with Crippen molar-refractivity contribution in [1.82, 2.24) is 0 Å². The monoisotopic (exact) mass is 322 g/mol. The number of thioether (sulfide) groups is 2. The summed E-state index contributed by atoms with van der Waals surface area (Å²) in [6.45, 7) is 2.26. The number of rotatable bonds is 3. The molecule has 0 aromatic heterocycles. The zero-order valence-corrected chi connectivity index (χ0v) is 14.0. The summed E-state index contributed by atoms with van der Waals surface area (Å²) in [4.78, 5) is 11.0. The number of ether oxygens (including phenoxy) is 1. The van der Waals surface area contributed by atoms with E-state index in [1.165, 1.54) is 23.5 Å². The van der Waals surface area contributed by atoms with Crippen LogP contribution in [0.3, 0.4) is 0 Å². The highest BCUT2D eigenvalue weighted by Crippen LogP contribution is 2.57. The van der Waals surface area contributed by atoms with Crippen LogP contribution in [0.15, 0.2) is 30.3 Å². The van der Waals surface area contributed by atoms with Crippen molar-refractivity contribution in [3.8, 4) is 0 Å². The molecule has 1 aromatic carbocycles. The van der Waals surface area contributed by atoms with Crippen molar-refractivity contribution in [3.05, 3.63) is 35.9 Å². The van der Waals surface area contributed by atoms with Gasteiger partial charge in [0.25, 0.3) is 0 Å². The van der Waals surface area contributed by atoms with E-state index in [-0.39, 0.29) is 16.3 Å². The molecule has 0 bridgehead atoms. The van der Waals surface area contributed by atoms with Crippen LogP contribution in [0.25, 0.3) is 0 Å². The van der Waals surface area contributed by atoms with Gasteiger partial charge in [-0.25, -0.2) is 0 Å². The number of carbonyl (C=O) groups is 1. The lowest BCUT2D eigenvalue weighted by molar-refractivity contribution is -0.119. The van der Waals surface area contributed by atoms with E-state index >= 15 is 0 Å². The molecule has 1 spiro atoms. The van der Waals surface area contributed by atoms with E-state index in [4.69, 9.17) is 4.74 Å². The Morgan fingerprint density at radius 1 is 1.29 bits per heavy atom. The van der Waals surface area contributed by atoms with Crippen LogP contribution in [-0.2, 0) is 9.53 Å². The smallest absolute Gasteiger partial charge is 0.122 e. The molecule has 0 radical (unpaired) electrons. The van der Waals surface area contributed by atoms with Crippen molar-refractivity contribution in [1.29, 1.82) is 0 Å². The summed E-state index contributed by atoms with van der Waals surface area (Å²) in [7, 11) is 0. The summed E-state index contributed by atoms with van der Waals surface area (Å²) in [5, 5.41) is 0. The molecule has 0 amide bonds. The minimum atomic E-state index is 0.0413. The summed E-state index contributed by atoms with van der Waals surface area (Å²) < 4.78 is 6.51. The molecule has 21 heavy (non-hydrogen) atoms. The van der Waals surface area contributed by atoms with Crippen LogP contribution in [0, 0.1) is 5.92 Å². The van der Waals surface area contributed by atoms with Crippen molar-refractivity contribution in [2.24, 2.45) is 5.92 Å². The van der Waals surface area contributed by atoms with Crippen LogP contribution in [0.4, 0.5) is 0 Å². The van der Waals surface area contributed by atoms with Crippen LogP contribution in [0.5, 0.6) is 0 Å². The van der Waals surface area contributed by atoms with Crippen molar-refractivity contribution in [2.75, 3.05) is 11.5 Å². The molecule has 2 aliphatic heterocycles. The van der Waals surface area contributed by atoms with Gasteiger partial charge in [0.1, 0.15) is 6.29 Å². The molecule has 2 nitrogen and oxygen atoms in total. The molecule has 114 valence electrons. The van der Waals surface area contributed by atoms with E-state index in [9.17, 15) is 4.79 Å². The maximum Gasteiger partial charge on any atom is 0.122 e. The number of hydrogen-bond donors (Lipinski definition) is 0. The zero-order valence-electron chi connectivity index (χ0n) is 12.4. The highest BCUT2D eigenvalue weighted by molar-refractivity contribution is 8.18. The predicted molar refractivity (Wildman–Crippen MR) is 90.8 cm³/mol. The molecule has 0 N–H and O–H groups in total. The maximum absolute atomic E-state index is 11.0. The van der Waals surface area contributed by atoms with E-state index in [0.717, 1.165) is 12.7 Å². The number of benzene rings is 1. The topological polar surface area (TPSA) is 26.3 Å². The van der Waals surface area contributed by atoms with Crippen molar-refractivity contribution < 1.29 is 9.53 Å². The number of carbonyl (C=O) groups excluding carboxylic acids is 1. The Labute approximate surface area is 135 Å². The van der Waals surface area contributed by atoms with Crippen LogP contribution in [-0.4, -0.2) is 28.0 Å². The van der Waals surface area contributed by atoms with Gasteiger partial charge in [0, 0.05) is 18.8 Å². The number of aldehydes is 1. The Hall–Kier alpha value is -0.450. The standard InChI is InChI=1S/C17H22O2S2/c1-13-15(8-9-18)19-16(14-6-3-2-4-7-14)12-17(13)20-10-5-11-21-17/h2-4,6-7,9,13,15-16H,5,8,10-12H2,1H3/t13-,15-,16-/m0/s1. The minimum absolute atomic E-state index is 0.0413. The first-order valence-corrected chi connectivity index (χ1v) is 9.64. The second-order valence-electron chi connectivity index (χ2n) is 5.83. The molecule has 2 saturated heterocycles. The Bertz CT molecular complexity index is 471. The van der Waals surface area contributed by atoms with Crippen LogP contribution in [0.1, 0.15) is 37.9 Å². The van der Waals surface area contributed by atoms with Crippen LogP contribution < -0.4 is 0 Å². The fraction of sp³-hybridized carbons (Fsp3) is 0.588. The van der Waals surface area contributed by atoms with Gasteiger partial charge in [0.05, 0.1) is 16.3 Å². The van der Waals surface area contributed by atoms with Gasteiger partial charge in [0.2, 0.25) is 0 Å². The van der Waals surface area contributed by atoms with Crippen molar-refractivity contribution in [2.45, 2.75) is 42.5 Å². The Morgan fingerprint density at radius 2 is 2.00 bits per heavy atom. The van der Waals surface area contributed by atoms with Crippen molar-refractivity contribution >= 4 is 29.8 Å². The average molecular weight is 322 g/mol. The molecule has 0 unspecified atom stereocenters. The third-order valence-electron chi connectivity index (χ3n) is 4.54. The fourth-order valence-electron chi connectivity index (χ4n) is 3.29. The summed E-state index contributed by atoms with van der Waals surface area (Å²) >= 11 is 4.18. The lowest BCUT2D eigenvalue weighted by Gasteiger charge is -2.50. The first-order valence-electron chi connectivity index (χ1n) is 7.67. The molecule has 1 aromatic rings. The van der Waals surface area contributed by atoms with Gasteiger partial charge in [-0.3, -0.25) is 0 Å². The van der Waals surface area contributed by atoms with Crippen molar-refractivity contribution in [3.63, 3.8) is 0 Å². The van der Waals surface area contributed by atoms with E-state index < -0.39 is 0 Å². The first kappa shape index (κ1) is 15.4. The summed E-state index contributed by atoms with van der Waals surface area (Å²) in [5.74, 6) is 2.87. The third-order valence-corrected chi connectivity index (χ3v) is 8.29. The Kier molecular flexibility index (Phi) is 4.97. The highest BCUT2D eigenvalue weighted by Gasteiger charge is 2.49. The van der Waals surface area contributed by atoms with E-state index in [1.54, 1.807) is 0 Å². The number of hydrogen-bond acceptors (Lipinski definition) is 4. The van der Waals surface area contributed by atoms with Gasteiger partial charge in [0.15, 0.2) is 0 Å². The molecule has 0 aliphatic carbocycles. The highest BCUT2D eigenvalue weighted by atomic mass is 32.2. The minimum Gasteiger partial charge on any atom is -0.369 e. The molecule has 2 fully saturated rings. The van der Waals surface area contributed by atoms with Crippen LogP contribution >= 0.6 is 23.5 Å². The maximum atomic E-state index is 11.0. The SMILES string of the molecule is C[C@H]1[C@H](CC=O)O[C@H](c2ccccc2)CC12SCCCS2. The predicted octanol–water partition coefficient (Wildman–Crippen LogP) is 4.31. The molecule has 2 heterocycles. The lowest BCUT2D eigenvalue weighted by Crippen LogP contribution is -2.47. The zero-order chi connectivity index (χ0) is 14.7. The van der Waals surface area contributed by atoms with Gasteiger partial charge < -0.3 is 9.53 Å². The molecule has 3 atom stereocenters. The lowest BCUT2D eigenvalue weighted by atomic mass is 9.88. The Morgan fingerprint density at radius 3 is 2.67 bits per heavy atom. The quantitative estimate of drug-likeness (QED) is 0.775. The summed E-state index contributed by atoms with van der Waals surface area (Å²) in [5.41, 5.74) is 1.24. The summed E-state index contributed by atoms with van der Waals surface area (Å²) in [6.07, 6.45) is 4.01. The molecular weight excluding hydrogens is 300 g/mol. The fourth-order valence-corrected chi connectivity index (χ4v) is 6.95. The van der Waals surface area contributed by atoms with Crippen LogP contribution in [0.2, 0.25) is 0 Å². The van der Waals surface area contributed by atoms with Gasteiger partial charge in [-0.15, -0.1) is 23.5 Å². The van der Waals surface area contributed by atoms with E-state index in [0.29, 0.717) is 12.3 Å². The Balaban J connectivity index is 1.87.